The van der Waals surface area contributed by atoms with Crippen LogP contribution in [0, 0.1) is 5.41 Å². The third kappa shape index (κ3) is 3.74. The summed E-state index contributed by atoms with van der Waals surface area (Å²) >= 11 is 0. The molecule has 3 nitrogen and oxygen atoms in total. The van der Waals surface area contributed by atoms with Crippen molar-refractivity contribution < 1.29 is 9.36 Å². The number of ketones is 1. The number of carbonyl (C=O) groups excluding carboxylic acids is 1. The molecule has 4 aromatic rings. The van der Waals surface area contributed by atoms with Gasteiger partial charge in [0.15, 0.2) is 5.78 Å². The number of anilines is 1. The Balaban J connectivity index is 1.84. The van der Waals surface area contributed by atoms with E-state index in [4.69, 9.17) is 0 Å². The summed E-state index contributed by atoms with van der Waals surface area (Å²) in [4.78, 5) is 15.5. The zero-order valence-corrected chi connectivity index (χ0v) is 19.7. The number of allylic oxidation sites excluding steroid dienone is 1. The lowest BCUT2D eigenvalue weighted by molar-refractivity contribution is -0.570. The van der Waals surface area contributed by atoms with Crippen LogP contribution in [-0.4, -0.2) is 19.9 Å². The highest BCUT2D eigenvalue weighted by Gasteiger charge is 2.42. The van der Waals surface area contributed by atoms with Gasteiger partial charge in [-0.05, 0) is 35.9 Å². The second-order valence-electron chi connectivity index (χ2n) is 9.66. The fourth-order valence-corrected chi connectivity index (χ4v) is 4.81. The molecule has 1 heterocycles. The van der Waals surface area contributed by atoms with Crippen LogP contribution in [-0.2, 0) is 0 Å². The Labute approximate surface area is 195 Å². The molecule has 0 fully saturated rings. The third-order valence-electron chi connectivity index (χ3n) is 6.58. The van der Waals surface area contributed by atoms with E-state index in [9.17, 15) is 4.79 Å². The monoisotopic (exact) mass is 433 g/mol. The fraction of sp³-hybridized carbons (Fsp3) is 0.200. The van der Waals surface area contributed by atoms with Gasteiger partial charge in [0, 0.05) is 60.8 Å². The molecular formula is C30H29N2O+. The van der Waals surface area contributed by atoms with E-state index >= 15 is 0 Å². The number of fused-ring (bicyclic) bond motifs is 2. The van der Waals surface area contributed by atoms with Crippen molar-refractivity contribution in [2.45, 2.75) is 20.3 Å². The number of aromatic nitrogens is 1. The maximum Gasteiger partial charge on any atom is 0.226 e. The van der Waals surface area contributed by atoms with Gasteiger partial charge in [-0.3, -0.25) is 4.79 Å². The lowest BCUT2D eigenvalue weighted by atomic mass is 9.70. The first-order valence-electron chi connectivity index (χ1n) is 11.4. The van der Waals surface area contributed by atoms with Crippen molar-refractivity contribution in [1.29, 1.82) is 0 Å². The summed E-state index contributed by atoms with van der Waals surface area (Å²) in [6.07, 6.45) is 2.76. The molecule has 33 heavy (non-hydrogen) atoms. The number of rotatable bonds is 3. The number of hydrogen-bond acceptors (Lipinski definition) is 2. The molecule has 0 bridgehead atoms. The Morgan fingerprint density at radius 3 is 2.24 bits per heavy atom. The van der Waals surface area contributed by atoms with Gasteiger partial charge < -0.3 is 4.90 Å². The molecule has 5 rings (SSSR count). The molecule has 164 valence electrons. The van der Waals surface area contributed by atoms with E-state index in [1.54, 1.807) is 0 Å². The molecule has 0 atom stereocenters. The molecular weight excluding hydrogens is 404 g/mol. The van der Waals surface area contributed by atoms with Crippen LogP contribution in [0.15, 0.2) is 84.9 Å². The highest BCUT2D eigenvalue weighted by Crippen LogP contribution is 2.45. The zero-order chi connectivity index (χ0) is 23.2. The van der Waals surface area contributed by atoms with Crippen molar-refractivity contribution in [1.82, 2.24) is 0 Å². The quantitative estimate of drug-likeness (QED) is 0.352. The van der Waals surface area contributed by atoms with Gasteiger partial charge in [-0.2, -0.15) is 4.57 Å². The predicted octanol–water partition coefficient (Wildman–Crippen LogP) is 6.34. The Bertz CT molecular complexity index is 1380. The fourth-order valence-electron chi connectivity index (χ4n) is 4.81. The minimum Gasteiger partial charge on any atom is -0.378 e. The number of nitrogens with zero attached hydrogens (tertiary/aromatic N) is 2. The summed E-state index contributed by atoms with van der Waals surface area (Å²) in [5.74, 6) is 0.200. The maximum atomic E-state index is 13.4. The van der Waals surface area contributed by atoms with Crippen molar-refractivity contribution in [3.05, 3.63) is 102 Å². The first kappa shape index (κ1) is 21.1. The van der Waals surface area contributed by atoms with Gasteiger partial charge in [0.1, 0.15) is 0 Å². The molecule has 0 spiro atoms. The van der Waals surface area contributed by atoms with Crippen LogP contribution in [0.2, 0.25) is 0 Å². The van der Waals surface area contributed by atoms with Crippen molar-refractivity contribution in [2.75, 3.05) is 19.0 Å². The smallest absolute Gasteiger partial charge is 0.226 e. The van der Waals surface area contributed by atoms with Gasteiger partial charge in [0.2, 0.25) is 16.9 Å². The Morgan fingerprint density at radius 2 is 1.55 bits per heavy atom. The van der Waals surface area contributed by atoms with E-state index in [1.807, 2.05) is 26.2 Å². The van der Waals surface area contributed by atoms with E-state index < -0.39 is 0 Å². The Morgan fingerprint density at radius 1 is 0.879 bits per heavy atom. The average molecular weight is 434 g/mol. The number of pyridine rings is 1. The lowest BCUT2D eigenvalue weighted by Crippen LogP contribution is -2.43. The Kier molecular flexibility index (Phi) is 5.13. The van der Waals surface area contributed by atoms with Crippen molar-refractivity contribution >= 4 is 34.0 Å². The first-order chi connectivity index (χ1) is 15.8. The second kappa shape index (κ2) is 8.00. The molecule has 1 aliphatic rings. The molecule has 1 aromatic heterocycles. The van der Waals surface area contributed by atoms with Crippen LogP contribution in [0.5, 0.6) is 0 Å². The summed E-state index contributed by atoms with van der Waals surface area (Å²) in [6.45, 7) is 4.36. The molecule has 1 aliphatic carbocycles. The van der Waals surface area contributed by atoms with Gasteiger partial charge >= 0.3 is 0 Å². The molecule has 0 aliphatic heterocycles. The molecule has 0 amide bonds. The number of carbonyl (C=O) groups is 1. The minimum atomic E-state index is -0.288. The van der Waals surface area contributed by atoms with Gasteiger partial charge in [0.05, 0.1) is 5.56 Å². The summed E-state index contributed by atoms with van der Waals surface area (Å²) < 4.78 is 2.27. The standard InChI is InChI=1S/C30H29N2O/c1-30(2)20-28(33)25-19-22-10-8-9-13-27(22)32(24-11-6-5-7-12-24)29(25)26(30)18-21-14-16-23(17-15-21)31(3)4/h5-19H,20H2,1-4H3/q+1. The molecule has 0 unspecified atom stereocenters. The lowest BCUT2D eigenvalue weighted by Gasteiger charge is -2.32. The van der Waals surface area contributed by atoms with Gasteiger partial charge in [-0.15, -0.1) is 0 Å². The number of Topliss-reactive ketones (excluding diaryl/α,β-unsaturated/α-hetero) is 1. The molecule has 0 saturated carbocycles. The highest BCUT2D eigenvalue weighted by molar-refractivity contribution is 6.08. The summed E-state index contributed by atoms with van der Waals surface area (Å²) in [6, 6.07) is 29.3. The molecule has 3 aromatic carbocycles. The molecule has 0 N–H and O–H groups in total. The Hall–Kier alpha value is -3.72. The second-order valence-corrected chi connectivity index (χ2v) is 9.66. The number of hydrogen-bond donors (Lipinski definition) is 0. The first-order valence-corrected chi connectivity index (χ1v) is 11.4. The van der Waals surface area contributed by atoms with E-state index in [-0.39, 0.29) is 11.2 Å². The van der Waals surface area contributed by atoms with Crippen LogP contribution in [0.4, 0.5) is 5.69 Å². The molecule has 3 heteroatoms. The van der Waals surface area contributed by atoms with E-state index in [1.165, 1.54) is 11.3 Å². The van der Waals surface area contributed by atoms with Gasteiger partial charge in [-0.1, -0.05) is 56.3 Å². The van der Waals surface area contributed by atoms with E-state index in [0.29, 0.717) is 6.42 Å². The van der Waals surface area contributed by atoms with Crippen LogP contribution < -0.4 is 9.47 Å². The number of benzene rings is 3. The van der Waals surface area contributed by atoms with Crippen molar-refractivity contribution in [2.24, 2.45) is 5.41 Å². The largest absolute Gasteiger partial charge is 0.378 e. The van der Waals surface area contributed by atoms with Crippen LogP contribution >= 0.6 is 0 Å². The minimum absolute atomic E-state index is 0.200. The highest BCUT2D eigenvalue weighted by atomic mass is 16.1. The average Bonchev–Trinajstić information content (AvgIpc) is 2.81. The van der Waals surface area contributed by atoms with E-state index in [0.717, 1.165) is 33.4 Å². The third-order valence-corrected chi connectivity index (χ3v) is 6.58. The summed E-state index contributed by atoms with van der Waals surface area (Å²) in [7, 11) is 4.10. The van der Waals surface area contributed by atoms with Crippen molar-refractivity contribution in [3.63, 3.8) is 0 Å². The van der Waals surface area contributed by atoms with Crippen molar-refractivity contribution in [3.8, 4) is 5.69 Å². The topological polar surface area (TPSA) is 24.2 Å². The number of para-hydroxylation sites is 2. The summed E-state index contributed by atoms with van der Waals surface area (Å²) in [5.41, 5.74) is 7.16. The van der Waals surface area contributed by atoms with Crippen LogP contribution in [0.25, 0.3) is 28.2 Å². The SMILES string of the molecule is CN(C)c1ccc(C=C2c3c(cc4ccccc4[n+]3-c3ccccc3)C(=O)CC2(C)C)cc1. The molecule has 0 radical (unpaired) electrons. The maximum absolute atomic E-state index is 13.4. The van der Waals surface area contributed by atoms with E-state index in [2.05, 4.69) is 102 Å². The summed E-state index contributed by atoms with van der Waals surface area (Å²) in [5, 5.41) is 1.07. The predicted molar refractivity (Wildman–Crippen MR) is 137 cm³/mol. The zero-order valence-electron chi connectivity index (χ0n) is 19.7. The van der Waals surface area contributed by atoms with Gasteiger partial charge in [0.25, 0.3) is 0 Å². The van der Waals surface area contributed by atoms with Gasteiger partial charge in [-0.25, -0.2) is 0 Å². The van der Waals surface area contributed by atoms with Crippen LogP contribution in [0.3, 0.4) is 0 Å². The molecule has 0 saturated heterocycles. The normalized spacial score (nSPS) is 16.1. The van der Waals surface area contributed by atoms with Crippen LogP contribution in [0.1, 0.15) is 41.9 Å².